The first-order valence-corrected chi connectivity index (χ1v) is 7.95. The molecule has 0 aliphatic rings. The number of hydrogen-bond donors (Lipinski definition) is 0. The summed E-state index contributed by atoms with van der Waals surface area (Å²) in [5.74, 6) is 0.446. The molecule has 0 amide bonds. The van der Waals surface area contributed by atoms with Gasteiger partial charge in [-0.05, 0) is 23.8 Å². The maximum atomic E-state index is 11.1. The molecule has 2 aromatic rings. The zero-order valence-electron chi connectivity index (χ0n) is 11.4. The summed E-state index contributed by atoms with van der Waals surface area (Å²) in [5, 5.41) is 0. The second-order valence-corrected chi connectivity index (χ2v) is 5.95. The number of rotatable bonds is 6. The van der Waals surface area contributed by atoms with Crippen molar-refractivity contribution in [2.45, 2.75) is 6.61 Å². The van der Waals surface area contributed by atoms with Crippen molar-refractivity contribution in [3.63, 3.8) is 0 Å². The zero-order valence-corrected chi connectivity index (χ0v) is 12.2. The number of carbonyl (C=O) groups excluding carboxylic acids is 1. The molecular weight excluding hydrogens is 292 g/mol. The molecule has 21 heavy (non-hydrogen) atoms. The van der Waals surface area contributed by atoms with Crippen molar-refractivity contribution < 1.29 is 22.1 Å². The second-order valence-electron chi connectivity index (χ2n) is 4.38. The monoisotopic (exact) mass is 306 g/mol. The van der Waals surface area contributed by atoms with E-state index in [1.54, 1.807) is 6.07 Å². The highest BCUT2D eigenvalue weighted by Crippen LogP contribution is 2.24. The molecule has 2 aromatic carbocycles. The maximum Gasteiger partial charge on any atom is 0.306 e. The summed E-state index contributed by atoms with van der Waals surface area (Å²) in [6.45, 7) is 0.353. The average Bonchev–Trinajstić information content (AvgIpc) is 2.46. The molecule has 0 N–H and O–H groups in total. The van der Waals surface area contributed by atoms with Gasteiger partial charge in [-0.25, -0.2) is 0 Å². The number of ether oxygens (including phenoxy) is 1. The topological polar surface area (TPSA) is 69.7 Å². The summed E-state index contributed by atoms with van der Waals surface area (Å²) in [6, 6.07) is 13.9. The molecule has 5 nitrogen and oxygen atoms in total. The Morgan fingerprint density at radius 3 is 2.43 bits per heavy atom. The van der Waals surface area contributed by atoms with E-state index in [1.165, 1.54) is 12.1 Å². The minimum absolute atomic E-state index is 0.0143. The molecule has 0 radical (unpaired) electrons. The van der Waals surface area contributed by atoms with Gasteiger partial charge in [0.25, 0.3) is 0 Å². The molecule has 0 saturated heterocycles. The number of carbonyl (C=O) groups is 1. The molecule has 0 atom stereocenters. The SMILES string of the molecule is CS(=O)(=O)Oc1ccc(OCc2ccccc2)cc1C=O. The summed E-state index contributed by atoms with van der Waals surface area (Å²) in [5.41, 5.74) is 1.10. The second kappa shape index (κ2) is 6.41. The molecule has 0 unspecified atom stereocenters. The van der Waals surface area contributed by atoms with Gasteiger partial charge in [-0.1, -0.05) is 30.3 Å². The van der Waals surface area contributed by atoms with Crippen LogP contribution in [0.1, 0.15) is 15.9 Å². The molecule has 0 aliphatic carbocycles. The lowest BCUT2D eigenvalue weighted by atomic mass is 10.2. The Labute approximate surface area is 123 Å². The third kappa shape index (κ3) is 4.61. The molecule has 110 valence electrons. The Balaban J connectivity index is 2.13. The normalized spacial score (nSPS) is 10.9. The maximum absolute atomic E-state index is 11.1. The van der Waals surface area contributed by atoms with Crippen molar-refractivity contribution in [1.29, 1.82) is 0 Å². The van der Waals surface area contributed by atoms with Gasteiger partial charge < -0.3 is 8.92 Å². The van der Waals surface area contributed by atoms with Crippen molar-refractivity contribution in [3.05, 3.63) is 59.7 Å². The summed E-state index contributed by atoms with van der Waals surface area (Å²) < 4.78 is 32.5. The van der Waals surface area contributed by atoms with E-state index in [9.17, 15) is 13.2 Å². The quantitative estimate of drug-likeness (QED) is 0.605. The molecule has 0 aliphatic heterocycles. The minimum atomic E-state index is -3.68. The summed E-state index contributed by atoms with van der Waals surface area (Å²) in [4.78, 5) is 11.0. The van der Waals surface area contributed by atoms with Gasteiger partial charge >= 0.3 is 10.1 Å². The Bertz CT molecular complexity index is 723. The largest absolute Gasteiger partial charge is 0.489 e. The fourth-order valence-corrected chi connectivity index (χ4v) is 2.17. The van der Waals surface area contributed by atoms with Gasteiger partial charge in [0.15, 0.2) is 12.0 Å². The van der Waals surface area contributed by atoms with Crippen molar-refractivity contribution in [1.82, 2.24) is 0 Å². The highest BCUT2D eigenvalue weighted by atomic mass is 32.2. The first-order valence-electron chi connectivity index (χ1n) is 6.13. The fraction of sp³-hybridized carbons (Fsp3) is 0.133. The van der Waals surface area contributed by atoms with E-state index in [4.69, 9.17) is 8.92 Å². The van der Waals surface area contributed by atoms with E-state index >= 15 is 0 Å². The van der Waals surface area contributed by atoms with Gasteiger partial charge in [-0.15, -0.1) is 0 Å². The average molecular weight is 306 g/mol. The number of hydrogen-bond acceptors (Lipinski definition) is 5. The molecule has 0 fully saturated rings. The lowest BCUT2D eigenvalue weighted by Crippen LogP contribution is -2.07. The fourth-order valence-electron chi connectivity index (χ4n) is 1.69. The molecule has 6 heteroatoms. The van der Waals surface area contributed by atoms with Crippen LogP contribution in [0.5, 0.6) is 11.5 Å². The molecular formula is C15H14O5S. The van der Waals surface area contributed by atoms with E-state index < -0.39 is 10.1 Å². The standard InChI is InChI=1S/C15H14O5S/c1-21(17,18)20-15-8-7-14(9-13(15)10-16)19-11-12-5-3-2-4-6-12/h2-10H,11H2,1H3. The first-order chi connectivity index (χ1) is 9.98. The van der Waals surface area contributed by atoms with Crippen LogP contribution in [0.25, 0.3) is 0 Å². The Morgan fingerprint density at radius 2 is 1.81 bits per heavy atom. The number of aldehydes is 1. The minimum Gasteiger partial charge on any atom is -0.489 e. The van der Waals surface area contributed by atoms with Crippen LogP contribution in [0.4, 0.5) is 0 Å². The van der Waals surface area contributed by atoms with Crippen molar-refractivity contribution in [3.8, 4) is 11.5 Å². The molecule has 0 aromatic heterocycles. The van der Waals surface area contributed by atoms with Crippen LogP contribution < -0.4 is 8.92 Å². The third-order valence-electron chi connectivity index (χ3n) is 2.60. The van der Waals surface area contributed by atoms with Crippen LogP contribution in [-0.2, 0) is 16.7 Å². The van der Waals surface area contributed by atoms with Crippen molar-refractivity contribution in [2.75, 3.05) is 6.26 Å². The van der Waals surface area contributed by atoms with Gasteiger partial charge in [-0.3, -0.25) is 4.79 Å². The summed E-state index contributed by atoms with van der Waals surface area (Å²) in [7, 11) is -3.68. The van der Waals surface area contributed by atoms with Gasteiger partial charge in [0.2, 0.25) is 0 Å². The molecule has 0 heterocycles. The lowest BCUT2D eigenvalue weighted by Gasteiger charge is -2.09. The van der Waals surface area contributed by atoms with Crippen LogP contribution in [0.3, 0.4) is 0 Å². The van der Waals surface area contributed by atoms with E-state index in [0.29, 0.717) is 18.6 Å². The highest BCUT2D eigenvalue weighted by molar-refractivity contribution is 7.86. The first kappa shape index (κ1) is 15.1. The Kier molecular flexibility index (Phi) is 4.59. The predicted octanol–water partition coefficient (Wildman–Crippen LogP) is 2.42. The summed E-state index contributed by atoms with van der Waals surface area (Å²) >= 11 is 0. The van der Waals surface area contributed by atoms with Crippen molar-refractivity contribution >= 4 is 16.4 Å². The molecule has 2 rings (SSSR count). The van der Waals surface area contributed by atoms with Gasteiger partial charge in [0, 0.05) is 0 Å². The number of benzene rings is 2. The van der Waals surface area contributed by atoms with Crippen LogP contribution in [-0.4, -0.2) is 21.0 Å². The van der Waals surface area contributed by atoms with E-state index in [1.807, 2.05) is 30.3 Å². The van der Waals surface area contributed by atoms with E-state index in [2.05, 4.69) is 0 Å². The smallest absolute Gasteiger partial charge is 0.306 e. The van der Waals surface area contributed by atoms with Crippen LogP contribution in [0, 0.1) is 0 Å². The molecule has 0 spiro atoms. The van der Waals surface area contributed by atoms with Gasteiger partial charge in [0.1, 0.15) is 12.4 Å². The van der Waals surface area contributed by atoms with E-state index in [-0.39, 0.29) is 11.3 Å². The van der Waals surface area contributed by atoms with Crippen LogP contribution >= 0.6 is 0 Å². The van der Waals surface area contributed by atoms with Crippen molar-refractivity contribution in [2.24, 2.45) is 0 Å². The predicted molar refractivity (Wildman–Crippen MR) is 78.1 cm³/mol. The Hall–Kier alpha value is -2.34. The summed E-state index contributed by atoms with van der Waals surface area (Å²) in [6.07, 6.45) is 1.44. The highest BCUT2D eigenvalue weighted by Gasteiger charge is 2.11. The van der Waals surface area contributed by atoms with E-state index in [0.717, 1.165) is 11.8 Å². The van der Waals surface area contributed by atoms with Gasteiger partial charge in [-0.2, -0.15) is 8.42 Å². The van der Waals surface area contributed by atoms with Crippen LogP contribution in [0.15, 0.2) is 48.5 Å². The molecule has 0 bridgehead atoms. The van der Waals surface area contributed by atoms with Crippen LogP contribution in [0.2, 0.25) is 0 Å². The Morgan fingerprint density at radius 1 is 1.10 bits per heavy atom. The molecule has 0 saturated carbocycles. The van der Waals surface area contributed by atoms with Gasteiger partial charge in [0.05, 0.1) is 11.8 Å². The third-order valence-corrected chi connectivity index (χ3v) is 3.08. The lowest BCUT2D eigenvalue weighted by molar-refractivity contribution is 0.112. The zero-order chi connectivity index (χ0) is 15.3.